The van der Waals surface area contributed by atoms with Crippen LogP contribution in [0.3, 0.4) is 0 Å². The average molecular weight is 396 g/mol. The standard InChI is InChI=1S/C23H29N3O3/c1-2-28-20-9-5-6-10-21(20)29-22-12-11-16(14-24-22)15-25-23(27)19-13-17-7-3-4-8-18(17)26-19/h5-6,9-12,14,17-19,26H,2-4,7-8,13,15H2,1H3,(H,25,27). The predicted octanol–water partition coefficient (Wildman–Crippen LogP) is 3.81. The van der Waals surface area contributed by atoms with Crippen LogP contribution >= 0.6 is 0 Å². The molecule has 4 rings (SSSR count). The highest BCUT2D eigenvalue weighted by atomic mass is 16.5. The van der Waals surface area contributed by atoms with Gasteiger partial charge in [0.15, 0.2) is 11.5 Å². The van der Waals surface area contributed by atoms with Gasteiger partial charge in [0.1, 0.15) is 0 Å². The Labute approximate surface area is 172 Å². The van der Waals surface area contributed by atoms with Gasteiger partial charge < -0.3 is 20.1 Å². The Hall–Kier alpha value is -2.60. The second-order valence-corrected chi connectivity index (χ2v) is 7.81. The Morgan fingerprint density at radius 2 is 2.00 bits per heavy atom. The van der Waals surface area contributed by atoms with E-state index in [0.29, 0.717) is 42.5 Å². The minimum atomic E-state index is -0.0614. The van der Waals surface area contributed by atoms with Crippen LogP contribution in [0.4, 0.5) is 0 Å². The van der Waals surface area contributed by atoms with E-state index >= 15 is 0 Å². The first-order chi connectivity index (χ1) is 14.2. The van der Waals surface area contributed by atoms with Crippen molar-refractivity contribution >= 4 is 5.91 Å². The van der Waals surface area contributed by atoms with Gasteiger partial charge in [0.2, 0.25) is 11.8 Å². The number of aromatic nitrogens is 1. The topological polar surface area (TPSA) is 72.5 Å². The van der Waals surface area contributed by atoms with Gasteiger partial charge >= 0.3 is 0 Å². The fourth-order valence-corrected chi connectivity index (χ4v) is 4.33. The van der Waals surface area contributed by atoms with Gasteiger partial charge in [-0.1, -0.05) is 31.0 Å². The highest BCUT2D eigenvalue weighted by Crippen LogP contribution is 2.33. The summed E-state index contributed by atoms with van der Waals surface area (Å²) in [7, 11) is 0. The molecule has 1 saturated carbocycles. The average Bonchev–Trinajstić information content (AvgIpc) is 3.19. The van der Waals surface area contributed by atoms with Crippen molar-refractivity contribution < 1.29 is 14.3 Å². The molecule has 29 heavy (non-hydrogen) atoms. The van der Waals surface area contributed by atoms with Gasteiger partial charge in [-0.15, -0.1) is 0 Å². The molecular weight excluding hydrogens is 366 g/mol. The first-order valence-corrected chi connectivity index (χ1v) is 10.6. The molecule has 1 aliphatic carbocycles. The summed E-state index contributed by atoms with van der Waals surface area (Å²) in [6, 6.07) is 11.7. The summed E-state index contributed by atoms with van der Waals surface area (Å²) in [5.74, 6) is 2.57. The lowest BCUT2D eigenvalue weighted by molar-refractivity contribution is -0.123. The van der Waals surface area contributed by atoms with E-state index in [-0.39, 0.29) is 11.9 Å². The monoisotopic (exact) mass is 395 g/mol. The van der Waals surface area contributed by atoms with Gasteiger partial charge in [0, 0.05) is 24.8 Å². The molecule has 0 bridgehead atoms. The summed E-state index contributed by atoms with van der Waals surface area (Å²) >= 11 is 0. The van der Waals surface area contributed by atoms with Crippen molar-refractivity contribution in [3.63, 3.8) is 0 Å². The van der Waals surface area contributed by atoms with Crippen LogP contribution in [-0.4, -0.2) is 29.6 Å². The van der Waals surface area contributed by atoms with E-state index in [2.05, 4.69) is 15.6 Å². The van der Waals surface area contributed by atoms with Crippen molar-refractivity contribution in [2.45, 2.75) is 57.7 Å². The zero-order chi connectivity index (χ0) is 20.1. The number of carbonyl (C=O) groups is 1. The number of ether oxygens (including phenoxy) is 2. The van der Waals surface area contributed by atoms with Gasteiger partial charge in [-0.3, -0.25) is 4.79 Å². The fraction of sp³-hybridized carbons (Fsp3) is 0.478. The lowest BCUT2D eigenvalue weighted by atomic mass is 9.85. The molecule has 2 N–H and O–H groups in total. The summed E-state index contributed by atoms with van der Waals surface area (Å²) < 4.78 is 11.4. The van der Waals surface area contributed by atoms with E-state index in [0.717, 1.165) is 12.0 Å². The highest BCUT2D eigenvalue weighted by molar-refractivity contribution is 5.82. The molecule has 1 amide bonds. The van der Waals surface area contributed by atoms with Crippen molar-refractivity contribution in [3.8, 4) is 17.4 Å². The Bertz CT molecular complexity index is 810. The summed E-state index contributed by atoms with van der Waals surface area (Å²) in [5, 5.41) is 6.56. The summed E-state index contributed by atoms with van der Waals surface area (Å²) in [5.41, 5.74) is 0.944. The maximum atomic E-state index is 12.5. The van der Waals surface area contributed by atoms with Crippen molar-refractivity contribution in [2.75, 3.05) is 6.61 Å². The van der Waals surface area contributed by atoms with E-state index in [9.17, 15) is 4.79 Å². The first-order valence-electron chi connectivity index (χ1n) is 10.6. The lowest BCUT2D eigenvalue weighted by Gasteiger charge is -2.24. The van der Waals surface area contributed by atoms with Gasteiger partial charge in [-0.25, -0.2) is 4.98 Å². The van der Waals surface area contributed by atoms with Gasteiger partial charge in [-0.2, -0.15) is 0 Å². The summed E-state index contributed by atoms with van der Waals surface area (Å²) in [4.78, 5) is 16.9. The molecule has 6 heteroatoms. The highest BCUT2D eigenvalue weighted by Gasteiger charge is 2.37. The summed E-state index contributed by atoms with van der Waals surface area (Å²) in [6.07, 6.45) is 7.72. The Kier molecular flexibility index (Phi) is 6.30. The van der Waals surface area contributed by atoms with Crippen LogP contribution in [-0.2, 0) is 11.3 Å². The number of rotatable bonds is 7. The van der Waals surface area contributed by atoms with E-state index in [4.69, 9.17) is 9.47 Å². The number of pyridine rings is 1. The minimum Gasteiger partial charge on any atom is -0.490 e. The maximum Gasteiger partial charge on any atom is 0.237 e. The zero-order valence-electron chi connectivity index (χ0n) is 16.9. The molecule has 6 nitrogen and oxygen atoms in total. The number of para-hydroxylation sites is 2. The second-order valence-electron chi connectivity index (χ2n) is 7.81. The third-order valence-corrected chi connectivity index (χ3v) is 5.81. The van der Waals surface area contributed by atoms with E-state index in [1.165, 1.54) is 25.7 Å². The summed E-state index contributed by atoms with van der Waals surface area (Å²) in [6.45, 7) is 2.98. The molecule has 2 heterocycles. The third-order valence-electron chi connectivity index (χ3n) is 5.81. The molecule has 0 radical (unpaired) electrons. The van der Waals surface area contributed by atoms with Crippen LogP contribution in [0.5, 0.6) is 17.4 Å². The quantitative estimate of drug-likeness (QED) is 0.746. The van der Waals surface area contributed by atoms with Crippen LogP contribution < -0.4 is 20.1 Å². The van der Waals surface area contributed by atoms with Crippen LogP contribution in [0.25, 0.3) is 0 Å². The van der Waals surface area contributed by atoms with E-state index < -0.39 is 0 Å². The minimum absolute atomic E-state index is 0.0614. The van der Waals surface area contributed by atoms with Crippen molar-refractivity contribution in [1.82, 2.24) is 15.6 Å². The van der Waals surface area contributed by atoms with Gasteiger partial charge in [0.05, 0.1) is 12.6 Å². The molecule has 3 atom stereocenters. The number of nitrogens with one attached hydrogen (secondary N) is 2. The molecule has 1 aromatic heterocycles. The molecule has 2 fully saturated rings. The first kappa shape index (κ1) is 19.7. The Morgan fingerprint density at radius 3 is 2.76 bits per heavy atom. The number of amides is 1. The van der Waals surface area contributed by atoms with Crippen LogP contribution in [0.15, 0.2) is 42.6 Å². The third kappa shape index (κ3) is 4.88. The van der Waals surface area contributed by atoms with Crippen LogP contribution in [0.2, 0.25) is 0 Å². The number of benzene rings is 1. The van der Waals surface area contributed by atoms with Crippen LogP contribution in [0.1, 0.15) is 44.6 Å². The molecule has 2 aromatic rings. The number of carbonyl (C=O) groups excluding carboxylic acids is 1. The Balaban J connectivity index is 1.29. The predicted molar refractivity (Wildman–Crippen MR) is 111 cm³/mol. The molecule has 1 aliphatic heterocycles. The zero-order valence-corrected chi connectivity index (χ0v) is 16.9. The van der Waals surface area contributed by atoms with Crippen molar-refractivity contribution in [2.24, 2.45) is 5.92 Å². The fourth-order valence-electron chi connectivity index (χ4n) is 4.33. The van der Waals surface area contributed by atoms with Gasteiger partial charge in [0.25, 0.3) is 0 Å². The second kappa shape index (κ2) is 9.27. The molecule has 1 saturated heterocycles. The number of hydrogen-bond donors (Lipinski definition) is 2. The Morgan fingerprint density at radius 1 is 1.17 bits per heavy atom. The molecule has 2 aliphatic rings. The normalized spacial score (nSPS) is 23.3. The van der Waals surface area contributed by atoms with E-state index in [1.54, 1.807) is 6.20 Å². The molecule has 0 spiro atoms. The van der Waals surface area contributed by atoms with E-state index in [1.807, 2.05) is 43.3 Å². The molecule has 154 valence electrons. The molecule has 3 unspecified atom stereocenters. The number of hydrogen-bond acceptors (Lipinski definition) is 5. The van der Waals surface area contributed by atoms with Crippen molar-refractivity contribution in [3.05, 3.63) is 48.2 Å². The lowest BCUT2D eigenvalue weighted by Crippen LogP contribution is -2.42. The van der Waals surface area contributed by atoms with Gasteiger partial charge in [-0.05, 0) is 49.8 Å². The maximum absolute atomic E-state index is 12.5. The van der Waals surface area contributed by atoms with Crippen molar-refractivity contribution in [1.29, 1.82) is 0 Å². The smallest absolute Gasteiger partial charge is 0.237 e. The SMILES string of the molecule is CCOc1ccccc1Oc1ccc(CNC(=O)C2CC3CCCCC3N2)cn1. The largest absolute Gasteiger partial charge is 0.490 e. The number of fused-ring (bicyclic) bond motifs is 1. The molecule has 1 aromatic carbocycles. The number of nitrogens with zero attached hydrogens (tertiary/aromatic N) is 1. The van der Waals surface area contributed by atoms with Crippen LogP contribution in [0, 0.1) is 5.92 Å². The molecular formula is C23H29N3O3.